The lowest BCUT2D eigenvalue weighted by Crippen LogP contribution is -2.31. The molecule has 2 nitrogen and oxygen atoms in total. The zero-order chi connectivity index (χ0) is 6.74. The summed E-state index contributed by atoms with van der Waals surface area (Å²) in [7, 11) is 3.30. The lowest BCUT2D eigenvalue weighted by atomic mass is 10.3. The maximum atomic E-state index is 5.12. The second-order valence-corrected chi connectivity index (χ2v) is 2.73. The van der Waals surface area contributed by atoms with Crippen LogP contribution in [-0.2, 0) is 9.47 Å². The van der Waals surface area contributed by atoms with Gasteiger partial charge in [-0.05, 0) is 11.5 Å². The highest BCUT2D eigenvalue weighted by Crippen LogP contribution is 2.27. The minimum atomic E-state index is -0.440. The van der Waals surface area contributed by atoms with Gasteiger partial charge >= 0.3 is 0 Å². The third-order valence-corrected chi connectivity index (χ3v) is 2.29. The predicted octanol–water partition coefficient (Wildman–Crippen LogP) is 1.24. The van der Waals surface area contributed by atoms with Gasteiger partial charge in [0.05, 0.1) is 5.75 Å². The second kappa shape index (κ2) is 2.73. The Labute approximate surface area is 59.2 Å². The van der Waals surface area contributed by atoms with E-state index in [4.69, 9.17) is 9.47 Å². The summed E-state index contributed by atoms with van der Waals surface area (Å²) in [4.78, 5) is 0. The molecule has 52 valence electrons. The van der Waals surface area contributed by atoms with Crippen LogP contribution in [0.3, 0.4) is 0 Å². The van der Waals surface area contributed by atoms with Crippen LogP contribution in [0.15, 0.2) is 11.5 Å². The third kappa shape index (κ3) is 1.28. The van der Waals surface area contributed by atoms with E-state index in [0.717, 1.165) is 5.75 Å². The van der Waals surface area contributed by atoms with Crippen LogP contribution in [0.1, 0.15) is 0 Å². The van der Waals surface area contributed by atoms with E-state index in [1.807, 2.05) is 11.5 Å². The summed E-state index contributed by atoms with van der Waals surface area (Å²) >= 11 is 1.70. The van der Waals surface area contributed by atoms with Gasteiger partial charge in [-0.3, -0.25) is 0 Å². The quantitative estimate of drug-likeness (QED) is 0.546. The summed E-state index contributed by atoms with van der Waals surface area (Å²) in [6.45, 7) is 0. The van der Waals surface area contributed by atoms with Gasteiger partial charge in [0.1, 0.15) is 0 Å². The number of thioether (sulfide) groups is 1. The van der Waals surface area contributed by atoms with Crippen LogP contribution in [0.5, 0.6) is 0 Å². The molecule has 0 N–H and O–H groups in total. The van der Waals surface area contributed by atoms with E-state index < -0.39 is 5.79 Å². The van der Waals surface area contributed by atoms with Crippen molar-refractivity contribution in [2.45, 2.75) is 5.79 Å². The van der Waals surface area contributed by atoms with Crippen LogP contribution in [0.25, 0.3) is 0 Å². The fraction of sp³-hybridized carbons (Fsp3) is 0.667. The van der Waals surface area contributed by atoms with Gasteiger partial charge in [0.25, 0.3) is 0 Å². The molecule has 0 saturated carbocycles. The average Bonchev–Trinajstić information content (AvgIpc) is 2.36. The van der Waals surface area contributed by atoms with Crippen molar-refractivity contribution in [2.75, 3.05) is 20.0 Å². The molecule has 0 spiro atoms. The highest BCUT2D eigenvalue weighted by atomic mass is 32.2. The molecular weight excluding hydrogens is 136 g/mol. The van der Waals surface area contributed by atoms with E-state index in [-0.39, 0.29) is 0 Å². The maximum Gasteiger partial charge on any atom is 0.197 e. The molecule has 0 saturated heterocycles. The Morgan fingerprint density at radius 3 is 2.33 bits per heavy atom. The molecule has 0 unspecified atom stereocenters. The average molecular weight is 146 g/mol. The Morgan fingerprint density at radius 1 is 1.44 bits per heavy atom. The number of hydrogen-bond donors (Lipinski definition) is 0. The standard InChI is InChI=1S/C6H10O2S/c1-7-6(8-2)3-4-9-5-6/h3-4H,5H2,1-2H3. The van der Waals surface area contributed by atoms with Crippen molar-refractivity contribution in [1.82, 2.24) is 0 Å². The van der Waals surface area contributed by atoms with Crippen molar-refractivity contribution in [2.24, 2.45) is 0 Å². The predicted molar refractivity (Wildman–Crippen MR) is 38.3 cm³/mol. The number of rotatable bonds is 2. The normalized spacial score (nSPS) is 22.9. The molecule has 1 heterocycles. The van der Waals surface area contributed by atoms with E-state index in [9.17, 15) is 0 Å². The minimum Gasteiger partial charge on any atom is -0.349 e. The summed E-state index contributed by atoms with van der Waals surface area (Å²) in [5, 5.41) is 1.99. The van der Waals surface area contributed by atoms with Gasteiger partial charge in [0.2, 0.25) is 0 Å². The summed E-state index contributed by atoms with van der Waals surface area (Å²) < 4.78 is 10.2. The zero-order valence-corrected chi connectivity index (χ0v) is 6.40. The molecule has 1 rings (SSSR count). The zero-order valence-electron chi connectivity index (χ0n) is 5.59. The fourth-order valence-corrected chi connectivity index (χ4v) is 1.67. The second-order valence-electron chi connectivity index (χ2n) is 1.83. The molecule has 0 aromatic carbocycles. The monoisotopic (exact) mass is 146 g/mol. The van der Waals surface area contributed by atoms with Crippen LogP contribution in [0, 0.1) is 0 Å². The first-order chi connectivity index (χ1) is 4.33. The molecule has 0 radical (unpaired) electrons. The van der Waals surface area contributed by atoms with E-state index in [0.29, 0.717) is 0 Å². The SMILES string of the molecule is COC1(OC)C=CSC1. The molecule has 1 aliphatic rings. The van der Waals surface area contributed by atoms with E-state index in [2.05, 4.69) is 0 Å². The van der Waals surface area contributed by atoms with Crippen molar-refractivity contribution >= 4 is 11.8 Å². The van der Waals surface area contributed by atoms with Crippen LogP contribution in [0.4, 0.5) is 0 Å². The molecule has 0 bridgehead atoms. The number of hydrogen-bond acceptors (Lipinski definition) is 3. The molecule has 0 aromatic rings. The summed E-state index contributed by atoms with van der Waals surface area (Å²) in [6.07, 6.45) is 1.93. The van der Waals surface area contributed by atoms with Gasteiger partial charge in [-0.25, -0.2) is 0 Å². The van der Waals surface area contributed by atoms with Crippen molar-refractivity contribution in [1.29, 1.82) is 0 Å². The molecule has 0 aromatic heterocycles. The molecule has 0 atom stereocenters. The Balaban J connectivity index is 2.57. The van der Waals surface area contributed by atoms with Gasteiger partial charge in [-0.2, -0.15) is 0 Å². The first kappa shape index (κ1) is 7.12. The van der Waals surface area contributed by atoms with Crippen molar-refractivity contribution in [3.8, 4) is 0 Å². The van der Waals surface area contributed by atoms with Gasteiger partial charge in [0.15, 0.2) is 5.79 Å². The molecular formula is C6H10O2S. The van der Waals surface area contributed by atoms with E-state index in [1.165, 1.54) is 0 Å². The number of ether oxygens (including phenoxy) is 2. The van der Waals surface area contributed by atoms with E-state index in [1.54, 1.807) is 26.0 Å². The smallest absolute Gasteiger partial charge is 0.197 e. The highest BCUT2D eigenvalue weighted by molar-refractivity contribution is 8.02. The molecule has 1 aliphatic heterocycles. The minimum absolute atomic E-state index is 0.440. The first-order valence-electron chi connectivity index (χ1n) is 2.72. The van der Waals surface area contributed by atoms with Gasteiger partial charge < -0.3 is 9.47 Å². The molecule has 9 heavy (non-hydrogen) atoms. The third-order valence-electron chi connectivity index (χ3n) is 1.39. The topological polar surface area (TPSA) is 18.5 Å². The lowest BCUT2D eigenvalue weighted by Gasteiger charge is -2.22. The van der Waals surface area contributed by atoms with Crippen LogP contribution in [0.2, 0.25) is 0 Å². The van der Waals surface area contributed by atoms with Gasteiger partial charge in [-0.1, -0.05) is 0 Å². The fourth-order valence-electron chi connectivity index (χ4n) is 0.701. The Hall–Kier alpha value is 0.01000. The Morgan fingerprint density at radius 2 is 2.11 bits per heavy atom. The summed E-state index contributed by atoms with van der Waals surface area (Å²) in [5.41, 5.74) is 0. The van der Waals surface area contributed by atoms with E-state index >= 15 is 0 Å². The number of methoxy groups -OCH3 is 2. The van der Waals surface area contributed by atoms with Crippen molar-refractivity contribution in [3.63, 3.8) is 0 Å². The molecule has 0 fully saturated rings. The molecule has 3 heteroatoms. The van der Waals surface area contributed by atoms with Crippen LogP contribution >= 0.6 is 11.8 Å². The van der Waals surface area contributed by atoms with Crippen molar-refractivity contribution in [3.05, 3.63) is 11.5 Å². The lowest BCUT2D eigenvalue weighted by molar-refractivity contribution is -0.150. The highest BCUT2D eigenvalue weighted by Gasteiger charge is 2.29. The Bertz CT molecular complexity index is 118. The van der Waals surface area contributed by atoms with Gasteiger partial charge in [-0.15, -0.1) is 11.8 Å². The molecule has 0 aliphatic carbocycles. The summed E-state index contributed by atoms with van der Waals surface area (Å²) in [6, 6.07) is 0. The van der Waals surface area contributed by atoms with Gasteiger partial charge in [0, 0.05) is 14.2 Å². The Kier molecular flexibility index (Phi) is 2.16. The molecule has 0 amide bonds. The largest absolute Gasteiger partial charge is 0.349 e. The van der Waals surface area contributed by atoms with Crippen molar-refractivity contribution < 1.29 is 9.47 Å². The first-order valence-corrected chi connectivity index (χ1v) is 3.77. The van der Waals surface area contributed by atoms with Crippen LogP contribution < -0.4 is 0 Å². The summed E-state index contributed by atoms with van der Waals surface area (Å²) in [5.74, 6) is 0.421. The van der Waals surface area contributed by atoms with Crippen LogP contribution in [-0.4, -0.2) is 25.8 Å². The maximum absolute atomic E-state index is 5.12.